The molecule has 1 aromatic carbocycles. The SMILES string of the molecule is CCOC(=O)C(NC1CCCCC1)C(C)c1ccccc1. The van der Waals surface area contributed by atoms with Gasteiger partial charge in [-0.15, -0.1) is 0 Å². The van der Waals surface area contributed by atoms with Crippen molar-refractivity contribution in [2.45, 2.75) is 64.0 Å². The minimum absolute atomic E-state index is 0.118. The lowest BCUT2D eigenvalue weighted by atomic mass is 9.90. The molecule has 0 amide bonds. The Morgan fingerprint density at radius 2 is 1.90 bits per heavy atom. The fourth-order valence-corrected chi connectivity index (χ4v) is 3.12. The summed E-state index contributed by atoms with van der Waals surface area (Å²) in [5.74, 6) is -0.00777. The Morgan fingerprint density at radius 3 is 2.52 bits per heavy atom. The topological polar surface area (TPSA) is 38.3 Å². The second kappa shape index (κ2) is 8.18. The molecule has 2 unspecified atom stereocenters. The third kappa shape index (κ3) is 4.57. The first-order valence-electron chi connectivity index (χ1n) is 8.20. The van der Waals surface area contributed by atoms with Crippen LogP contribution in [0.2, 0.25) is 0 Å². The highest BCUT2D eigenvalue weighted by molar-refractivity contribution is 5.77. The smallest absolute Gasteiger partial charge is 0.323 e. The van der Waals surface area contributed by atoms with Gasteiger partial charge in [0, 0.05) is 12.0 Å². The monoisotopic (exact) mass is 289 g/mol. The molecular formula is C18H27NO2. The molecule has 1 aliphatic carbocycles. The summed E-state index contributed by atoms with van der Waals surface area (Å²) >= 11 is 0. The van der Waals surface area contributed by atoms with E-state index in [-0.39, 0.29) is 17.9 Å². The van der Waals surface area contributed by atoms with Gasteiger partial charge in [0.2, 0.25) is 0 Å². The number of hydrogen-bond acceptors (Lipinski definition) is 3. The van der Waals surface area contributed by atoms with Gasteiger partial charge in [-0.2, -0.15) is 0 Å². The summed E-state index contributed by atoms with van der Waals surface area (Å²) in [7, 11) is 0. The molecule has 2 atom stereocenters. The van der Waals surface area contributed by atoms with Crippen LogP contribution in [0.4, 0.5) is 0 Å². The van der Waals surface area contributed by atoms with Crippen molar-refractivity contribution in [2.75, 3.05) is 6.61 Å². The van der Waals surface area contributed by atoms with Crippen molar-refractivity contribution in [1.29, 1.82) is 0 Å². The third-order valence-electron chi connectivity index (χ3n) is 4.39. The Kier molecular flexibility index (Phi) is 6.24. The zero-order valence-corrected chi connectivity index (χ0v) is 13.2. The highest BCUT2D eigenvalue weighted by Gasteiger charge is 2.30. The van der Waals surface area contributed by atoms with E-state index in [0.717, 1.165) is 12.8 Å². The van der Waals surface area contributed by atoms with Crippen LogP contribution in [0.25, 0.3) is 0 Å². The molecule has 2 rings (SSSR count). The maximum absolute atomic E-state index is 12.3. The van der Waals surface area contributed by atoms with Gasteiger partial charge in [-0.25, -0.2) is 0 Å². The van der Waals surface area contributed by atoms with Crippen LogP contribution in [0.5, 0.6) is 0 Å². The van der Waals surface area contributed by atoms with E-state index in [0.29, 0.717) is 12.6 Å². The van der Waals surface area contributed by atoms with Gasteiger partial charge in [0.25, 0.3) is 0 Å². The summed E-state index contributed by atoms with van der Waals surface area (Å²) in [6.07, 6.45) is 6.16. The molecular weight excluding hydrogens is 262 g/mol. The highest BCUT2D eigenvalue weighted by Crippen LogP contribution is 2.24. The number of esters is 1. The van der Waals surface area contributed by atoms with Crippen molar-refractivity contribution in [3.8, 4) is 0 Å². The van der Waals surface area contributed by atoms with E-state index in [1.165, 1.54) is 24.8 Å². The summed E-state index contributed by atoms with van der Waals surface area (Å²) < 4.78 is 5.29. The van der Waals surface area contributed by atoms with E-state index >= 15 is 0 Å². The maximum Gasteiger partial charge on any atom is 0.323 e. The van der Waals surface area contributed by atoms with Crippen molar-refractivity contribution in [3.05, 3.63) is 35.9 Å². The van der Waals surface area contributed by atoms with Crippen LogP contribution in [0.15, 0.2) is 30.3 Å². The van der Waals surface area contributed by atoms with Crippen LogP contribution < -0.4 is 5.32 Å². The third-order valence-corrected chi connectivity index (χ3v) is 4.39. The molecule has 0 bridgehead atoms. The number of nitrogens with one attached hydrogen (secondary N) is 1. The van der Waals surface area contributed by atoms with Gasteiger partial charge in [0.05, 0.1) is 6.61 Å². The largest absolute Gasteiger partial charge is 0.465 e. The molecule has 1 aliphatic rings. The fraction of sp³-hybridized carbons (Fsp3) is 0.611. The van der Waals surface area contributed by atoms with Gasteiger partial charge >= 0.3 is 5.97 Å². The van der Waals surface area contributed by atoms with E-state index in [2.05, 4.69) is 24.4 Å². The minimum Gasteiger partial charge on any atom is -0.465 e. The van der Waals surface area contributed by atoms with E-state index in [4.69, 9.17) is 4.74 Å². The molecule has 1 saturated carbocycles. The summed E-state index contributed by atoms with van der Waals surface area (Å²) in [4.78, 5) is 12.3. The molecule has 0 aliphatic heterocycles. The van der Waals surface area contributed by atoms with E-state index < -0.39 is 0 Å². The Morgan fingerprint density at radius 1 is 1.24 bits per heavy atom. The second-order valence-corrected chi connectivity index (χ2v) is 5.93. The first-order valence-corrected chi connectivity index (χ1v) is 8.20. The Labute approximate surface area is 128 Å². The van der Waals surface area contributed by atoms with Crippen molar-refractivity contribution >= 4 is 5.97 Å². The van der Waals surface area contributed by atoms with Crippen molar-refractivity contribution in [1.82, 2.24) is 5.32 Å². The lowest BCUT2D eigenvalue weighted by molar-refractivity contribution is -0.146. The molecule has 1 N–H and O–H groups in total. The van der Waals surface area contributed by atoms with Crippen LogP contribution in [0.1, 0.15) is 57.4 Å². The normalized spacial score (nSPS) is 19.0. The van der Waals surface area contributed by atoms with Crippen molar-refractivity contribution < 1.29 is 9.53 Å². The first kappa shape index (κ1) is 16.0. The van der Waals surface area contributed by atoms with E-state index in [9.17, 15) is 4.79 Å². The molecule has 1 aromatic rings. The van der Waals surface area contributed by atoms with E-state index in [1.54, 1.807) is 0 Å². The molecule has 1 fully saturated rings. The summed E-state index contributed by atoms with van der Waals surface area (Å²) in [5.41, 5.74) is 1.18. The van der Waals surface area contributed by atoms with E-state index in [1.807, 2.05) is 25.1 Å². The number of carbonyl (C=O) groups is 1. The van der Waals surface area contributed by atoms with Crippen molar-refractivity contribution in [2.24, 2.45) is 0 Å². The minimum atomic E-state index is -0.254. The Hall–Kier alpha value is -1.35. The van der Waals surface area contributed by atoms with Crippen LogP contribution >= 0.6 is 0 Å². The van der Waals surface area contributed by atoms with Gasteiger partial charge in [0.1, 0.15) is 6.04 Å². The lowest BCUT2D eigenvalue weighted by Gasteiger charge is -2.30. The molecule has 0 aromatic heterocycles. The number of hydrogen-bond donors (Lipinski definition) is 1. The van der Waals surface area contributed by atoms with Gasteiger partial charge in [-0.1, -0.05) is 56.5 Å². The maximum atomic E-state index is 12.3. The summed E-state index contributed by atoms with van der Waals surface area (Å²) in [5, 5.41) is 3.56. The zero-order valence-electron chi connectivity index (χ0n) is 13.2. The van der Waals surface area contributed by atoms with Gasteiger partial charge < -0.3 is 10.1 Å². The summed E-state index contributed by atoms with van der Waals surface area (Å²) in [6.45, 7) is 4.40. The molecule has 0 heterocycles. The Bertz CT molecular complexity index is 426. The predicted molar refractivity (Wildman–Crippen MR) is 85.3 cm³/mol. The first-order chi connectivity index (χ1) is 10.2. The molecule has 0 radical (unpaired) electrons. The zero-order chi connectivity index (χ0) is 15.1. The fourth-order valence-electron chi connectivity index (χ4n) is 3.12. The number of ether oxygens (including phenoxy) is 1. The Balaban J connectivity index is 2.09. The van der Waals surface area contributed by atoms with Crippen LogP contribution in [-0.2, 0) is 9.53 Å². The molecule has 0 saturated heterocycles. The van der Waals surface area contributed by atoms with Crippen LogP contribution in [0.3, 0.4) is 0 Å². The molecule has 0 spiro atoms. The van der Waals surface area contributed by atoms with Gasteiger partial charge in [0.15, 0.2) is 0 Å². The van der Waals surface area contributed by atoms with Gasteiger partial charge in [-0.3, -0.25) is 4.79 Å². The number of benzene rings is 1. The number of rotatable bonds is 6. The quantitative estimate of drug-likeness (QED) is 0.812. The number of carbonyl (C=O) groups excluding carboxylic acids is 1. The molecule has 21 heavy (non-hydrogen) atoms. The predicted octanol–water partition coefficient (Wildman–Crippen LogP) is 3.64. The average Bonchev–Trinajstić information content (AvgIpc) is 2.54. The molecule has 116 valence electrons. The second-order valence-electron chi connectivity index (χ2n) is 5.93. The van der Waals surface area contributed by atoms with Gasteiger partial charge in [-0.05, 0) is 25.3 Å². The highest BCUT2D eigenvalue weighted by atomic mass is 16.5. The standard InChI is InChI=1S/C18H27NO2/c1-3-21-18(20)17(19-16-12-8-5-9-13-16)14(2)15-10-6-4-7-11-15/h4,6-7,10-11,14,16-17,19H,3,5,8-9,12-13H2,1-2H3. The summed E-state index contributed by atoms with van der Waals surface area (Å²) in [6, 6.07) is 10.4. The molecule has 3 heteroatoms. The lowest BCUT2D eigenvalue weighted by Crippen LogP contribution is -2.47. The molecule has 3 nitrogen and oxygen atoms in total. The van der Waals surface area contributed by atoms with Crippen LogP contribution in [0, 0.1) is 0 Å². The van der Waals surface area contributed by atoms with Crippen LogP contribution in [-0.4, -0.2) is 24.7 Å². The average molecular weight is 289 g/mol. The van der Waals surface area contributed by atoms with Crippen molar-refractivity contribution in [3.63, 3.8) is 0 Å².